The number of nitrogens with zero attached hydrogens (tertiary/aromatic N) is 3. The zero-order chi connectivity index (χ0) is 20.6. The molecule has 8 heteroatoms. The lowest BCUT2D eigenvalue weighted by atomic mass is 10.1. The molecule has 2 aliphatic rings. The predicted octanol–water partition coefficient (Wildman–Crippen LogP) is 0.682. The largest absolute Gasteiger partial charge is 0.392 e. The summed E-state index contributed by atoms with van der Waals surface area (Å²) in [7, 11) is 0. The number of aliphatic hydroxyl groups is 1. The molecular weight excluding hydrogens is 377 g/mol. The van der Waals surface area contributed by atoms with Gasteiger partial charge in [0.05, 0.1) is 32.0 Å². The number of hydrogen-bond donors (Lipinski definition) is 1. The van der Waals surface area contributed by atoms with Gasteiger partial charge in [0.1, 0.15) is 5.82 Å². The van der Waals surface area contributed by atoms with Gasteiger partial charge in [-0.15, -0.1) is 0 Å². The molecule has 2 fully saturated rings. The maximum absolute atomic E-state index is 13.7. The Hall–Kier alpha value is -1.58. The molecule has 1 aromatic rings. The fourth-order valence-electron chi connectivity index (χ4n) is 3.84. The summed E-state index contributed by atoms with van der Waals surface area (Å²) in [6.07, 6.45) is -0.537. The third kappa shape index (κ3) is 7.01. The first-order valence-electron chi connectivity index (χ1n) is 10.4. The number of carbonyl (C=O) groups excluding carboxylic acids is 1. The maximum atomic E-state index is 13.7. The molecule has 29 heavy (non-hydrogen) atoms. The van der Waals surface area contributed by atoms with Crippen LogP contribution in [0.5, 0.6) is 0 Å². The monoisotopic (exact) mass is 409 g/mol. The van der Waals surface area contributed by atoms with Crippen molar-refractivity contribution in [3.8, 4) is 0 Å². The standard InChI is InChI=1S/C21H32FN3O4/c1-17(26)14-24-9-12-29-20(15-24)16-25(6-5-23-7-10-28-11-8-23)21(27)18-3-2-4-19(22)13-18/h2-4,13,17,20,26H,5-12,14-16H2,1H3. The van der Waals surface area contributed by atoms with Crippen LogP contribution < -0.4 is 0 Å². The number of ether oxygens (including phenoxy) is 2. The van der Waals surface area contributed by atoms with Gasteiger partial charge in [-0.2, -0.15) is 0 Å². The molecule has 1 aromatic carbocycles. The lowest BCUT2D eigenvalue weighted by molar-refractivity contribution is -0.0501. The molecule has 0 bridgehead atoms. The summed E-state index contributed by atoms with van der Waals surface area (Å²) in [6.45, 7) is 9.21. The van der Waals surface area contributed by atoms with E-state index < -0.39 is 11.9 Å². The molecule has 0 spiro atoms. The van der Waals surface area contributed by atoms with Crippen LogP contribution in [-0.2, 0) is 9.47 Å². The van der Waals surface area contributed by atoms with Crippen LogP contribution in [0.4, 0.5) is 4.39 Å². The lowest BCUT2D eigenvalue weighted by Gasteiger charge is -2.37. The Morgan fingerprint density at radius 1 is 1.28 bits per heavy atom. The van der Waals surface area contributed by atoms with Gasteiger partial charge < -0.3 is 19.5 Å². The van der Waals surface area contributed by atoms with E-state index in [0.29, 0.717) is 51.6 Å². The summed E-state index contributed by atoms with van der Waals surface area (Å²) in [6, 6.07) is 5.83. The summed E-state index contributed by atoms with van der Waals surface area (Å²) in [5.41, 5.74) is 0.351. The van der Waals surface area contributed by atoms with Crippen molar-refractivity contribution >= 4 is 5.91 Å². The van der Waals surface area contributed by atoms with E-state index in [-0.39, 0.29) is 12.0 Å². The first-order chi connectivity index (χ1) is 14.0. The van der Waals surface area contributed by atoms with Crippen molar-refractivity contribution in [1.82, 2.24) is 14.7 Å². The number of β-amino-alcohol motifs (C(OH)–C–C–N with tert-alkyl or cyclic N) is 1. The van der Waals surface area contributed by atoms with Crippen molar-refractivity contribution in [3.05, 3.63) is 35.6 Å². The van der Waals surface area contributed by atoms with Crippen molar-refractivity contribution in [3.63, 3.8) is 0 Å². The number of benzene rings is 1. The molecule has 2 heterocycles. The molecule has 0 saturated carbocycles. The molecule has 2 unspecified atom stereocenters. The van der Waals surface area contributed by atoms with Crippen LogP contribution in [0, 0.1) is 5.82 Å². The summed E-state index contributed by atoms with van der Waals surface area (Å²) in [4.78, 5) is 19.3. The van der Waals surface area contributed by atoms with E-state index in [1.54, 1.807) is 24.0 Å². The third-order valence-electron chi connectivity index (χ3n) is 5.32. The molecule has 0 aliphatic carbocycles. The van der Waals surface area contributed by atoms with Gasteiger partial charge in [0.25, 0.3) is 5.91 Å². The first-order valence-corrected chi connectivity index (χ1v) is 10.4. The zero-order valence-electron chi connectivity index (χ0n) is 17.1. The molecule has 2 atom stereocenters. The van der Waals surface area contributed by atoms with Crippen molar-refractivity contribution in [2.45, 2.75) is 19.1 Å². The topological polar surface area (TPSA) is 65.5 Å². The van der Waals surface area contributed by atoms with Crippen LogP contribution in [0.15, 0.2) is 24.3 Å². The van der Waals surface area contributed by atoms with Gasteiger partial charge in [-0.05, 0) is 25.1 Å². The lowest BCUT2D eigenvalue weighted by Crippen LogP contribution is -2.51. The highest BCUT2D eigenvalue weighted by Crippen LogP contribution is 2.13. The Morgan fingerprint density at radius 2 is 2.03 bits per heavy atom. The van der Waals surface area contributed by atoms with E-state index in [9.17, 15) is 14.3 Å². The van der Waals surface area contributed by atoms with Crippen LogP contribution in [0.25, 0.3) is 0 Å². The predicted molar refractivity (Wildman–Crippen MR) is 107 cm³/mol. The molecule has 1 N–H and O–H groups in total. The van der Waals surface area contributed by atoms with Gasteiger partial charge in [-0.3, -0.25) is 14.6 Å². The van der Waals surface area contributed by atoms with Gasteiger partial charge in [-0.25, -0.2) is 4.39 Å². The molecule has 2 saturated heterocycles. The van der Waals surface area contributed by atoms with E-state index in [0.717, 1.165) is 26.2 Å². The highest BCUT2D eigenvalue weighted by Gasteiger charge is 2.26. The van der Waals surface area contributed by atoms with Crippen molar-refractivity contribution < 1.29 is 23.8 Å². The highest BCUT2D eigenvalue weighted by molar-refractivity contribution is 5.94. The van der Waals surface area contributed by atoms with Crippen LogP contribution in [-0.4, -0.2) is 110 Å². The highest BCUT2D eigenvalue weighted by atomic mass is 19.1. The number of carbonyl (C=O) groups is 1. The Balaban J connectivity index is 1.65. The average Bonchev–Trinajstić information content (AvgIpc) is 2.71. The number of rotatable bonds is 8. The van der Waals surface area contributed by atoms with E-state index in [1.807, 2.05) is 0 Å². The maximum Gasteiger partial charge on any atom is 0.254 e. The Kier molecular flexibility index (Phi) is 8.38. The minimum atomic E-state index is -0.416. The molecule has 2 aliphatic heterocycles. The molecule has 1 amide bonds. The zero-order valence-corrected chi connectivity index (χ0v) is 17.1. The van der Waals surface area contributed by atoms with E-state index in [2.05, 4.69) is 9.80 Å². The summed E-state index contributed by atoms with van der Waals surface area (Å²) in [5, 5.41) is 9.67. The Bertz CT molecular complexity index is 655. The van der Waals surface area contributed by atoms with Crippen molar-refractivity contribution in [2.24, 2.45) is 0 Å². The van der Waals surface area contributed by atoms with E-state index in [4.69, 9.17) is 9.47 Å². The molecule has 0 radical (unpaired) electrons. The third-order valence-corrected chi connectivity index (χ3v) is 5.32. The quantitative estimate of drug-likeness (QED) is 0.681. The smallest absolute Gasteiger partial charge is 0.254 e. The SMILES string of the molecule is CC(O)CN1CCOC(CN(CCN2CCOCC2)C(=O)c2cccc(F)c2)C1. The summed E-state index contributed by atoms with van der Waals surface area (Å²) < 4.78 is 24.9. The van der Waals surface area contributed by atoms with Gasteiger partial charge in [0, 0.05) is 57.9 Å². The minimum absolute atomic E-state index is 0.135. The van der Waals surface area contributed by atoms with E-state index >= 15 is 0 Å². The van der Waals surface area contributed by atoms with E-state index in [1.165, 1.54) is 12.1 Å². The van der Waals surface area contributed by atoms with Crippen LogP contribution in [0.1, 0.15) is 17.3 Å². The number of morpholine rings is 2. The molecule has 0 aromatic heterocycles. The van der Waals surface area contributed by atoms with Crippen molar-refractivity contribution in [1.29, 1.82) is 0 Å². The van der Waals surface area contributed by atoms with Gasteiger partial charge in [-0.1, -0.05) is 6.07 Å². The second-order valence-electron chi connectivity index (χ2n) is 7.82. The van der Waals surface area contributed by atoms with Crippen LogP contribution >= 0.6 is 0 Å². The number of halogens is 1. The van der Waals surface area contributed by atoms with Crippen LogP contribution in [0.2, 0.25) is 0 Å². The summed E-state index contributed by atoms with van der Waals surface area (Å²) >= 11 is 0. The minimum Gasteiger partial charge on any atom is -0.392 e. The van der Waals surface area contributed by atoms with Crippen molar-refractivity contribution in [2.75, 3.05) is 72.2 Å². The average molecular weight is 410 g/mol. The van der Waals surface area contributed by atoms with Crippen LogP contribution in [0.3, 0.4) is 0 Å². The number of amides is 1. The molecule has 7 nitrogen and oxygen atoms in total. The normalized spacial score (nSPS) is 22.4. The van der Waals surface area contributed by atoms with Gasteiger partial charge in [0.2, 0.25) is 0 Å². The van der Waals surface area contributed by atoms with Gasteiger partial charge in [0.15, 0.2) is 0 Å². The fourth-order valence-corrected chi connectivity index (χ4v) is 3.84. The number of hydrogen-bond acceptors (Lipinski definition) is 6. The Morgan fingerprint density at radius 3 is 2.76 bits per heavy atom. The first kappa shape index (κ1) is 22.1. The fraction of sp³-hybridized carbons (Fsp3) is 0.667. The summed E-state index contributed by atoms with van der Waals surface area (Å²) in [5.74, 6) is -0.602. The van der Waals surface area contributed by atoms with Gasteiger partial charge >= 0.3 is 0 Å². The number of aliphatic hydroxyl groups excluding tert-OH is 1. The molecule has 162 valence electrons. The second kappa shape index (κ2) is 11.0. The molecule has 3 rings (SSSR count). The Labute approximate surface area is 172 Å². The molecular formula is C21H32FN3O4. The second-order valence-corrected chi connectivity index (χ2v) is 7.82.